The number of carbonyl (C=O) groups excluding carboxylic acids is 2. The maximum Gasteiger partial charge on any atom is 0.390 e. The topological polar surface area (TPSA) is 155 Å². The third-order valence-corrected chi connectivity index (χ3v) is 14.0. The average Bonchev–Trinajstić information content (AvgIpc) is 3.81. The van der Waals surface area contributed by atoms with Crippen LogP contribution in [0.15, 0.2) is 59.7 Å². The Balaban J connectivity index is 0.734. The van der Waals surface area contributed by atoms with Gasteiger partial charge in [-0.15, -0.1) is 0 Å². The first-order valence-corrected chi connectivity index (χ1v) is 23.6. The summed E-state index contributed by atoms with van der Waals surface area (Å²) in [7, 11) is 1.67. The Morgan fingerprint density at radius 2 is 1.72 bits per heavy atom. The molecule has 2 aromatic carbocycles. The van der Waals surface area contributed by atoms with Crippen molar-refractivity contribution < 1.29 is 32.6 Å². The summed E-state index contributed by atoms with van der Waals surface area (Å²) < 4.78 is 49.5. The highest BCUT2D eigenvalue weighted by atomic mass is 19.4. The summed E-state index contributed by atoms with van der Waals surface area (Å²) in [5, 5.41) is 16.1. The van der Waals surface area contributed by atoms with Crippen LogP contribution >= 0.6 is 0 Å². The van der Waals surface area contributed by atoms with E-state index in [2.05, 4.69) is 77.2 Å². The molecule has 2 amide bonds. The maximum absolute atomic E-state index is 13.1. The molecule has 0 spiro atoms. The highest BCUT2D eigenvalue weighted by Gasteiger charge is 2.32. The quantitative estimate of drug-likeness (QED) is 0.0810. The highest BCUT2D eigenvalue weighted by Crippen LogP contribution is 2.37. The number of imide groups is 1. The summed E-state index contributed by atoms with van der Waals surface area (Å²) >= 11 is 0. The van der Waals surface area contributed by atoms with Crippen molar-refractivity contribution in [2.75, 3.05) is 70.9 Å². The van der Waals surface area contributed by atoms with E-state index in [9.17, 15) is 32.7 Å². The molecular formula is C49H59F3N10O5. The third kappa shape index (κ3) is 10.9. The number of benzene rings is 2. The van der Waals surface area contributed by atoms with Gasteiger partial charge in [0.05, 0.1) is 30.2 Å². The lowest BCUT2D eigenvalue weighted by Gasteiger charge is -2.43. The lowest BCUT2D eigenvalue weighted by Crippen LogP contribution is -2.55. The molecule has 4 fully saturated rings. The zero-order chi connectivity index (χ0) is 46.7. The van der Waals surface area contributed by atoms with Gasteiger partial charge in [0.2, 0.25) is 17.8 Å². The number of nitrogens with one attached hydrogen (secondary N) is 2. The Bertz CT molecular complexity index is 2690. The van der Waals surface area contributed by atoms with E-state index in [1.807, 2.05) is 12.1 Å². The number of aliphatic hydroxyl groups excluding tert-OH is 1. The Hall–Kier alpha value is -5.58. The Kier molecular flexibility index (Phi) is 14.1. The van der Waals surface area contributed by atoms with Crippen LogP contribution in [0.3, 0.4) is 0 Å². The van der Waals surface area contributed by atoms with E-state index in [0.29, 0.717) is 48.8 Å². The van der Waals surface area contributed by atoms with Gasteiger partial charge in [0.15, 0.2) is 0 Å². The van der Waals surface area contributed by atoms with Gasteiger partial charge in [0.1, 0.15) is 18.3 Å². The number of nitrogens with zero attached hydrogens (tertiary/aromatic N) is 8. The molecule has 4 aliphatic rings. The molecule has 1 aliphatic carbocycles. The van der Waals surface area contributed by atoms with Crippen molar-refractivity contribution in [3.05, 3.63) is 76.5 Å². The first-order chi connectivity index (χ1) is 32.4. The molecule has 3 N–H and O–H groups in total. The number of hydrogen-bond acceptors (Lipinski definition) is 11. The molecule has 356 valence electrons. The minimum Gasteiger partial charge on any atom is -0.393 e. The number of likely N-dealkylation sites (tertiary alicyclic amines) is 1. The predicted molar refractivity (Wildman–Crippen MR) is 248 cm³/mol. The van der Waals surface area contributed by atoms with Crippen molar-refractivity contribution in [2.24, 2.45) is 7.05 Å². The normalized spacial score (nSPS) is 22.5. The number of anilines is 1. The predicted octanol–water partition coefficient (Wildman–Crippen LogP) is 5.22. The molecule has 2 atom stereocenters. The molecule has 1 saturated carbocycles. The number of aromatic nitrogens is 5. The number of carbonyl (C=O) groups is 2. The molecule has 3 aromatic heterocycles. The van der Waals surface area contributed by atoms with Gasteiger partial charge in [-0.25, -0.2) is 9.78 Å². The lowest BCUT2D eigenvalue weighted by atomic mass is 9.93. The van der Waals surface area contributed by atoms with Crippen molar-refractivity contribution in [3.8, 4) is 23.0 Å². The number of halogens is 3. The summed E-state index contributed by atoms with van der Waals surface area (Å²) in [5.74, 6) is 5.64. The molecule has 3 aliphatic heterocycles. The zero-order valence-electron chi connectivity index (χ0n) is 37.9. The Morgan fingerprint density at radius 1 is 0.925 bits per heavy atom. The molecule has 0 radical (unpaired) electrons. The minimum atomic E-state index is -4.27. The fraction of sp³-hybridized carbons (Fsp3) is 0.531. The van der Waals surface area contributed by atoms with Crippen molar-refractivity contribution >= 4 is 39.8 Å². The number of ether oxygens (including phenoxy) is 1. The second kappa shape index (κ2) is 20.3. The first-order valence-electron chi connectivity index (χ1n) is 23.6. The molecule has 9 rings (SSSR count). The monoisotopic (exact) mass is 924 g/mol. The molecule has 6 heterocycles. The van der Waals surface area contributed by atoms with Gasteiger partial charge in [0, 0.05) is 107 Å². The molecule has 18 heteroatoms. The van der Waals surface area contributed by atoms with Gasteiger partial charge in [0.25, 0.3) is 0 Å². The third-order valence-electron chi connectivity index (χ3n) is 14.0. The number of piperazine rings is 1. The lowest BCUT2D eigenvalue weighted by molar-refractivity contribution is -0.136. The molecule has 67 heavy (non-hydrogen) atoms. The van der Waals surface area contributed by atoms with Gasteiger partial charge in [-0.1, -0.05) is 36.1 Å². The number of imidazole rings is 1. The average molecular weight is 925 g/mol. The number of rotatable bonds is 13. The van der Waals surface area contributed by atoms with Crippen LogP contribution in [-0.4, -0.2) is 139 Å². The number of piperidine rings is 2. The maximum atomic E-state index is 13.1. The van der Waals surface area contributed by atoms with Crippen LogP contribution in [0.5, 0.6) is 0 Å². The van der Waals surface area contributed by atoms with E-state index in [1.54, 1.807) is 19.3 Å². The largest absolute Gasteiger partial charge is 0.393 e. The van der Waals surface area contributed by atoms with Crippen molar-refractivity contribution in [2.45, 2.75) is 94.7 Å². The summed E-state index contributed by atoms with van der Waals surface area (Å²) in [6.07, 6.45) is 4.06. The van der Waals surface area contributed by atoms with E-state index in [-0.39, 0.29) is 49.1 Å². The number of alkyl halides is 3. The van der Waals surface area contributed by atoms with Crippen LogP contribution in [0.25, 0.3) is 33.2 Å². The summed E-state index contributed by atoms with van der Waals surface area (Å²) in [5.41, 5.74) is 5.66. The second-order valence-corrected chi connectivity index (χ2v) is 18.5. The summed E-state index contributed by atoms with van der Waals surface area (Å²) in [6.45, 7) is 8.40. The van der Waals surface area contributed by atoms with Crippen LogP contribution in [0.2, 0.25) is 0 Å². The molecule has 3 saturated heterocycles. The highest BCUT2D eigenvalue weighted by molar-refractivity contribution is 6.00. The minimum absolute atomic E-state index is 0.131. The van der Waals surface area contributed by atoms with Crippen LogP contribution in [-0.2, 0) is 27.9 Å². The van der Waals surface area contributed by atoms with Crippen LogP contribution in [0, 0.1) is 11.8 Å². The van der Waals surface area contributed by atoms with Crippen LogP contribution < -0.4 is 16.3 Å². The summed E-state index contributed by atoms with van der Waals surface area (Å²) in [6, 6.07) is 14.0. The van der Waals surface area contributed by atoms with Gasteiger partial charge in [-0.05, 0) is 80.8 Å². The van der Waals surface area contributed by atoms with E-state index in [4.69, 9.17) is 9.72 Å². The fourth-order valence-corrected chi connectivity index (χ4v) is 10.3. The standard InChI is InChI=1S/C49H59F3N10O5/c1-57-43-28-33(8-15-41(43)62(48(57)66)42-16-17-44(64)55-46(42)65)4-3-26-67-27-25-58-20-2-5-37(31-58)60-23-21-59(22-24-60)30-34-6-9-35(10-7-34)40-32-61(36-11-13-38(63)14-12-36)45-39(40)29-54-47(56-45)53-19-18-49(50,51)52/h6-10,15,28-29,32,36-38,42,63H,2,5,11-14,16-27,30-31H2,1H3,(H,53,54,56)(H,55,64,65)/t36-,37?,38-,42?. The van der Waals surface area contributed by atoms with Gasteiger partial charge < -0.3 is 19.7 Å². The number of aryl methyl sites for hydroxylation is 1. The number of amides is 2. The zero-order valence-corrected chi connectivity index (χ0v) is 37.9. The molecule has 0 bridgehead atoms. The number of hydrogen-bond donors (Lipinski definition) is 3. The van der Waals surface area contributed by atoms with E-state index < -0.39 is 24.5 Å². The van der Waals surface area contributed by atoms with E-state index in [0.717, 1.165) is 93.7 Å². The van der Waals surface area contributed by atoms with E-state index in [1.165, 1.54) is 21.1 Å². The molecule has 15 nitrogen and oxygen atoms in total. The molecular weight excluding hydrogens is 866 g/mol. The van der Waals surface area contributed by atoms with Crippen molar-refractivity contribution in [1.82, 2.24) is 43.7 Å². The van der Waals surface area contributed by atoms with Crippen LogP contribution in [0.4, 0.5) is 19.1 Å². The van der Waals surface area contributed by atoms with Gasteiger partial charge in [-0.2, -0.15) is 18.2 Å². The number of aliphatic hydroxyl groups is 1. The molecule has 5 aromatic rings. The second-order valence-electron chi connectivity index (χ2n) is 18.5. The molecule has 2 unspecified atom stereocenters. The number of fused-ring (bicyclic) bond motifs is 2. The van der Waals surface area contributed by atoms with Crippen molar-refractivity contribution in [3.63, 3.8) is 0 Å². The van der Waals surface area contributed by atoms with Crippen LogP contribution in [0.1, 0.15) is 81.0 Å². The van der Waals surface area contributed by atoms with E-state index >= 15 is 0 Å². The Morgan fingerprint density at radius 3 is 2.48 bits per heavy atom. The fourth-order valence-electron chi connectivity index (χ4n) is 10.3. The SMILES string of the molecule is Cn1c(=O)n(C2CCC(=O)NC2=O)c2ccc(C#CCOCCN3CCCC(N4CCN(Cc5ccc(-c6cn([C@H]7CC[C@H](O)CC7)c7nc(NCCC(F)(F)F)ncc67)cc5)CC4)C3)cc21. The van der Waals surface area contributed by atoms with Crippen molar-refractivity contribution in [1.29, 1.82) is 0 Å². The van der Waals surface area contributed by atoms with Gasteiger partial charge >= 0.3 is 11.9 Å². The smallest absolute Gasteiger partial charge is 0.390 e. The Labute approximate surface area is 387 Å². The van der Waals surface area contributed by atoms with Gasteiger partial charge in [-0.3, -0.25) is 38.7 Å². The first kappa shape index (κ1) is 46.5. The summed E-state index contributed by atoms with van der Waals surface area (Å²) in [4.78, 5) is 54.0.